The Morgan fingerprint density at radius 3 is 2.13 bits per heavy atom. The number of fused-ring (bicyclic) bond motifs is 2. The number of hydrogen-bond donors (Lipinski definition) is 2. The smallest absolute Gasteiger partial charge is 0.127 e. The maximum atomic E-state index is 5.82. The maximum absolute atomic E-state index is 5.82. The van der Waals surface area contributed by atoms with Gasteiger partial charge in [0.2, 0.25) is 0 Å². The van der Waals surface area contributed by atoms with Gasteiger partial charge >= 0.3 is 0 Å². The second kappa shape index (κ2) is 7.98. The lowest BCUT2D eigenvalue weighted by molar-refractivity contribution is 0.411. The Labute approximate surface area is 176 Å². The summed E-state index contributed by atoms with van der Waals surface area (Å²) in [4.78, 5) is 0. The molecule has 4 aromatic carbocycles. The molecule has 1 aliphatic rings. The molecule has 1 saturated heterocycles. The number of methoxy groups -OCH3 is 2. The minimum absolute atomic E-state index is 0.334. The SMILES string of the molecule is COc1ccc2ccccc2c1-c1c(OC)ccc2cc(C3CNCCN3)ccc12. The van der Waals surface area contributed by atoms with Crippen LogP contribution >= 0.6 is 0 Å². The lowest BCUT2D eigenvalue weighted by Gasteiger charge is -2.25. The van der Waals surface area contributed by atoms with Crippen LogP contribution in [0.25, 0.3) is 32.7 Å². The lowest BCUT2D eigenvalue weighted by Crippen LogP contribution is -2.42. The predicted octanol–water partition coefficient (Wildman–Crippen LogP) is 4.91. The fraction of sp³-hybridized carbons (Fsp3) is 0.231. The summed E-state index contributed by atoms with van der Waals surface area (Å²) < 4.78 is 11.6. The van der Waals surface area contributed by atoms with Crippen LogP contribution in [-0.4, -0.2) is 33.9 Å². The third-order valence-corrected chi connectivity index (χ3v) is 6.03. The van der Waals surface area contributed by atoms with Crippen molar-refractivity contribution in [3.63, 3.8) is 0 Å². The minimum Gasteiger partial charge on any atom is -0.496 e. The standard InChI is InChI=1S/C26H26N2O2/c1-29-23-11-8-17-5-3-4-6-20(17)25(23)26-21-10-7-19(22-16-27-13-14-28-22)15-18(21)9-12-24(26)30-2/h3-12,15,22,27-28H,13-14,16H2,1-2H3. The maximum Gasteiger partial charge on any atom is 0.127 e. The normalized spacial score (nSPS) is 16.7. The van der Waals surface area contributed by atoms with Gasteiger partial charge in [-0.05, 0) is 45.3 Å². The van der Waals surface area contributed by atoms with E-state index in [1.54, 1.807) is 14.2 Å². The Hall–Kier alpha value is -3.08. The summed E-state index contributed by atoms with van der Waals surface area (Å²) in [6.07, 6.45) is 0. The molecule has 0 bridgehead atoms. The van der Waals surface area contributed by atoms with Gasteiger partial charge in [-0.25, -0.2) is 0 Å². The minimum atomic E-state index is 0.334. The van der Waals surface area contributed by atoms with Crippen LogP contribution in [-0.2, 0) is 0 Å². The monoisotopic (exact) mass is 398 g/mol. The van der Waals surface area contributed by atoms with Gasteiger partial charge in [0.15, 0.2) is 0 Å². The van der Waals surface area contributed by atoms with Crippen molar-refractivity contribution in [2.75, 3.05) is 33.9 Å². The molecule has 1 heterocycles. The largest absolute Gasteiger partial charge is 0.496 e. The second-order valence-electron chi connectivity index (χ2n) is 7.70. The molecule has 30 heavy (non-hydrogen) atoms. The highest BCUT2D eigenvalue weighted by Crippen LogP contribution is 2.45. The van der Waals surface area contributed by atoms with E-state index < -0.39 is 0 Å². The highest BCUT2D eigenvalue weighted by atomic mass is 16.5. The molecule has 0 amide bonds. The fourth-order valence-corrected chi connectivity index (χ4v) is 4.54. The molecule has 0 aliphatic carbocycles. The summed E-state index contributed by atoms with van der Waals surface area (Å²) >= 11 is 0. The molecule has 0 saturated carbocycles. The third kappa shape index (κ3) is 3.18. The van der Waals surface area contributed by atoms with Gasteiger partial charge in [0, 0.05) is 36.8 Å². The molecule has 0 spiro atoms. The molecule has 4 heteroatoms. The first-order chi connectivity index (χ1) is 14.8. The Bertz CT molecular complexity index is 1210. The van der Waals surface area contributed by atoms with E-state index in [1.807, 2.05) is 6.07 Å². The van der Waals surface area contributed by atoms with Crippen molar-refractivity contribution in [2.24, 2.45) is 0 Å². The molecule has 1 atom stereocenters. The first kappa shape index (κ1) is 18.9. The zero-order valence-electron chi connectivity index (χ0n) is 17.4. The summed E-state index contributed by atoms with van der Waals surface area (Å²) in [6.45, 7) is 2.96. The molecule has 1 fully saturated rings. The Morgan fingerprint density at radius 1 is 0.733 bits per heavy atom. The summed E-state index contributed by atoms with van der Waals surface area (Å²) in [7, 11) is 3.46. The number of rotatable bonds is 4. The van der Waals surface area contributed by atoms with E-state index in [4.69, 9.17) is 9.47 Å². The van der Waals surface area contributed by atoms with Crippen molar-refractivity contribution in [1.29, 1.82) is 0 Å². The van der Waals surface area contributed by atoms with Crippen LogP contribution in [0.5, 0.6) is 11.5 Å². The van der Waals surface area contributed by atoms with Crippen LogP contribution in [0.1, 0.15) is 11.6 Å². The molecule has 152 valence electrons. The van der Waals surface area contributed by atoms with Crippen molar-refractivity contribution < 1.29 is 9.47 Å². The molecule has 4 nitrogen and oxygen atoms in total. The van der Waals surface area contributed by atoms with Crippen molar-refractivity contribution in [1.82, 2.24) is 10.6 Å². The first-order valence-electron chi connectivity index (χ1n) is 10.4. The van der Waals surface area contributed by atoms with E-state index in [2.05, 4.69) is 71.3 Å². The molecule has 2 N–H and O–H groups in total. The number of ether oxygens (including phenoxy) is 2. The van der Waals surface area contributed by atoms with Crippen LogP contribution in [0.3, 0.4) is 0 Å². The van der Waals surface area contributed by atoms with Gasteiger partial charge < -0.3 is 20.1 Å². The Balaban J connectivity index is 1.77. The van der Waals surface area contributed by atoms with Gasteiger partial charge in [-0.15, -0.1) is 0 Å². The second-order valence-corrected chi connectivity index (χ2v) is 7.70. The average molecular weight is 399 g/mol. The van der Waals surface area contributed by atoms with Crippen LogP contribution in [0.4, 0.5) is 0 Å². The zero-order valence-corrected chi connectivity index (χ0v) is 17.4. The number of piperazine rings is 1. The van der Waals surface area contributed by atoms with E-state index in [0.717, 1.165) is 53.0 Å². The van der Waals surface area contributed by atoms with Crippen LogP contribution in [0.2, 0.25) is 0 Å². The molecule has 0 aromatic heterocycles. The highest BCUT2D eigenvalue weighted by molar-refractivity contribution is 6.09. The first-order valence-corrected chi connectivity index (χ1v) is 10.4. The Morgan fingerprint density at radius 2 is 1.43 bits per heavy atom. The number of hydrogen-bond acceptors (Lipinski definition) is 4. The lowest BCUT2D eigenvalue weighted by atomic mass is 9.91. The Kier molecular flexibility index (Phi) is 5.03. The van der Waals surface area contributed by atoms with Gasteiger partial charge in [0.25, 0.3) is 0 Å². The van der Waals surface area contributed by atoms with Gasteiger partial charge in [-0.1, -0.05) is 48.5 Å². The van der Waals surface area contributed by atoms with Gasteiger partial charge in [0.05, 0.1) is 14.2 Å². The van der Waals surface area contributed by atoms with E-state index in [-0.39, 0.29) is 0 Å². The topological polar surface area (TPSA) is 42.5 Å². The van der Waals surface area contributed by atoms with Gasteiger partial charge in [-0.3, -0.25) is 0 Å². The van der Waals surface area contributed by atoms with Gasteiger partial charge in [-0.2, -0.15) is 0 Å². The summed E-state index contributed by atoms with van der Waals surface area (Å²) in [5, 5.41) is 11.8. The highest BCUT2D eigenvalue weighted by Gasteiger charge is 2.20. The zero-order chi connectivity index (χ0) is 20.5. The molecular formula is C26H26N2O2. The third-order valence-electron chi connectivity index (χ3n) is 6.03. The molecule has 0 radical (unpaired) electrons. The molecule has 1 aliphatic heterocycles. The van der Waals surface area contributed by atoms with Crippen LogP contribution < -0.4 is 20.1 Å². The summed E-state index contributed by atoms with van der Waals surface area (Å²) in [6, 6.07) is 23.9. The van der Waals surface area contributed by atoms with Gasteiger partial charge in [0.1, 0.15) is 11.5 Å². The predicted molar refractivity (Wildman–Crippen MR) is 124 cm³/mol. The summed E-state index contributed by atoms with van der Waals surface area (Å²) in [5.74, 6) is 1.70. The molecule has 1 unspecified atom stereocenters. The molecule has 5 rings (SSSR count). The van der Waals surface area contributed by atoms with Crippen molar-refractivity contribution in [3.8, 4) is 22.6 Å². The molecular weight excluding hydrogens is 372 g/mol. The average Bonchev–Trinajstić information content (AvgIpc) is 2.82. The summed E-state index contributed by atoms with van der Waals surface area (Å²) in [5.41, 5.74) is 3.45. The van der Waals surface area contributed by atoms with Crippen LogP contribution in [0, 0.1) is 0 Å². The van der Waals surface area contributed by atoms with E-state index in [0.29, 0.717) is 6.04 Å². The number of nitrogens with one attached hydrogen (secondary N) is 2. The van der Waals surface area contributed by atoms with E-state index in [9.17, 15) is 0 Å². The number of benzene rings is 4. The van der Waals surface area contributed by atoms with Crippen molar-refractivity contribution in [3.05, 3.63) is 72.3 Å². The van der Waals surface area contributed by atoms with E-state index >= 15 is 0 Å². The fourth-order valence-electron chi connectivity index (χ4n) is 4.54. The van der Waals surface area contributed by atoms with Crippen molar-refractivity contribution in [2.45, 2.75) is 6.04 Å². The van der Waals surface area contributed by atoms with Crippen LogP contribution in [0.15, 0.2) is 66.7 Å². The van der Waals surface area contributed by atoms with E-state index in [1.165, 1.54) is 16.3 Å². The molecule has 4 aromatic rings. The quantitative estimate of drug-likeness (QED) is 0.513. The van der Waals surface area contributed by atoms with Crippen molar-refractivity contribution >= 4 is 21.5 Å².